The molecule has 0 bridgehead atoms. The van der Waals surface area contributed by atoms with Crippen LogP contribution in [0.15, 0.2) is 41.8 Å². The molecule has 17 heavy (non-hydrogen) atoms. The van der Waals surface area contributed by atoms with E-state index in [-0.39, 0.29) is 5.82 Å². The average Bonchev–Trinajstić information content (AvgIpc) is 2.71. The van der Waals surface area contributed by atoms with E-state index in [1.807, 2.05) is 23.9 Å². The fraction of sp³-hybridized carbons (Fsp3) is 0.250. The van der Waals surface area contributed by atoms with E-state index in [9.17, 15) is 4.39 Å². The number of imidazole rings is 1. The number of nitrogens with one attached hydrogen (secondary N) is 1. The second-order valence-electron chi connectivity index (χ2n) is 3.61. The quantitative estimate of drug-likeness (QED) is 0.654. The molecule has 0 fully saturated rings. The summed E-state index contributed by atoms with van der Waals surface area (Å²) in [5.41, 5.74) is 0.811. The molecule has 1 heterocycles. The van der Waals surface area contributed by atoms with E-state index in [4.69, 9.17) is 0 Å². The normalized spacial score (nSPS) is 10.5. The smallest absolute Gasteiger partial charge is 0.167 e. The van der Waals surface area contributed by atoms with Crippen molar-refractivity contribution >= 4 is 17.4 Å². The van der Waals surface area contributed by atoms with Crippen molar-refractivity contribution in [2.45, 2.75) is 5.16 Å². The largest absolute Gasteiger partial charge is 0.384 e. The molecule has 0 saturated carbocycles. The highest BCUT2D eigenvalue weighted by Crippen LogP contribution is 2.14. The lowest BCUT2D eigenvalue weighted by atomic mass is 10.3. The predicted octanol–water partition coefficient (Wildman–Crippen LogP) is 2.76. The Balaban J connectivity index is 1.75. The van der Waals surface area contributed by atoms with Crippen molar-refractivity contribution in [1.29, 1.82) is 0 Å². The standard InChI is InChI=1S/C12H14FN3S/c1-16-7-5-15-12(16)17-8-6-14-11-4-2-3-10(13)9-11/h2-5,7,9,14H,6,8H2,1H3. The molecule has 0 radical (unpaired) electrons. The van der Waals surface area contributed by atoms with Crippen LogP contribution >= 0.6 is 11.8 Å². The molecule has 0 aliphatic carbocycles. The topological polar surface area (TPSA) is 29.9 Å². The van der Waals surface area contributed by atoms with Crippen LogP contribution in [0.2, 0.25) is 0 Å². The number of anilines is 1. The van der Waals surface area contributed by atoms with Gasteiger partial charge in [0.25, 0.3) is 0 Å². The number of hydrogen-bond donors (Lipinski definition) is 1. The maximum Gasteiger partial charge on any atom is 0.167 e. The Morgan fingerprint density at radius 2 is 2.35 bits per heavy atom. The number of rotatable bonds is 5. The van der Waals surface area contributed by atoms with Gasteiger partial charge in [-0.3, -0.25) is 0 Å². The highest BCUT2D eigenvalue weighted by Gasteiger charge is 1.99. The van der Waals surface area contributed by atoms with Gasteiger partial charge in [-0.05, 0) is 18.2 Å². The Morgan fingerprint density at radius 3 is 3.06 bits per heavy atom. The van der Waals surface area contributed by atoms with Crippen LogP contribution in [0.1, 0.15) is 0 Å². The van der Waals surface area contributed by atoms with Crippen LogP contribution in [-0.4, -0.2) is 21.8 Å². The van der Waals surface area contributed by atoms with Crippen LogP contribution in [0.5, 0.6) is 0 Å². The SMILES string of the molecule is Cn1ccnc1SCCNc1cccc(F)c1. The zero-order valence-corrected chi connectivity index (χ0v) is 10.4. The molecule has 0 saturated heterocycles. The van der Waals surface area contributed by atoms with Gasteiger partial charge >= 0.3 is 0 Å². The van der Waals surface area contributed by atoms with Crippen molar-refractivity contribution in [3.63, 3.8) is 0 Å². The van der Waals surface area contributed by atoms with Crippen LogP contribution in [0.25, 0.3) is 0 Å². The molecule has 1 aromatic carbocycles. The van der Waals surface area contributed by atoms with Gasteiger partial charge in [0.15, 0.2) is 5.16 Å². The van der Waals surface area contributed by atoms with Gasteiger partial charge in [0.2, 0.25) is 0 Å². The molecular formula is C12H14FN3S. The summed E-state index contributed by atoms with van der Waals surface area (Å²) in [6, 6.07) is 6.48. The van der Waals surface area contributed by atoms with Gasteiger partial charge in [-0.2, -0.15) is 0 Å². The number of nitrogens with zero attached hydrogens (tertiary/aromatic N) is 2. The summed E-state index contributed by atoms with van der Waals surface area (Å²) >= 11 is 1.67. The van der Waals surface area contributed by atoms with Crippen LogP contribution < -0.4 is 5.32 Å². The van der Waals surface area contributed by atoms with E-state index in [0.29, 0.717) is 0 Å². The summed E-state index contributed by atoms with van der Waals surface area (Å²) in [6.45, 7) is 0.779. The number of aromatic nitrogens is 2. The van der Waals surface area contributed by atoms with Crippen LogP contribution in [-0.2, 0) is 7.05 Å². The zero-order chi connectivity index (χ0) is 12.1. The van der Waals surface area contributed by atoms with Crippen molar-refractivity contribution in [2.24, 2.45) is 7.05 Å². The first kappa shape index (κ1) is 12.0. The van der Waals surface area contributed by atoms with Crippen molar-refractivity contribution < 1.29 is 4.39 Å². The van der Waals surface area contributed by atoms with Gasteiger partial charge in [0.1, 0.15) is 5.82 Å². The minimum Gasteiger partial charge on any atom is -0.384 e. The van der Waals surface area contributed by atoms with E-state index in [1.165, 1.54) is 12.1 Å². The van der Waals surface area contributed by atoms with Gasteiger partial charge in [-0.15, -0.1) is 0 Å². The summed E-state index contributed by atoms with van der Waals surface area (Å²) in [5, 5.41) is 4.16. The van der Waals surface area contributed by atoms with Crippen LogP contribution in [0, 0.1) is 5.82 Å². The molecule has 3 nitrogen and oxygen atoms in total. The maximum absolute atomic E-state index is 12.9. The van der Waals surface area contributed by atoms with Gasteiger partial charge < -0.3 is 9.88 Å². The fourth-order valence-electron chi connectivity index (χ4n) is 1.43. The van der Waals surface area contributed by atoms with Crippen LogP contribution in [0.4, 0.5) is 10.1 Å². The third-order valence-corrected chi connectivity index (χ3v) is 3.32. The number of thioether (sulfide) groups is 1. The number of halogens is 1. The second kappa shape index (κ2) is 5.72. The molecule has 0 unspecified atom stereocenters. The number of aryl methyl sites for hydroxylation is 1. The third-order valence-electron chi connectivity index (χ3n) is 2.26. The van der Waals surface area contributed by atoms with E-state index in [2.05, 4.69) is 10.3 Å². The average molecular weight is 251 g/mol. The lowest BCUT2D eigenvalue weighted by Gasteiger charge is -2.06. The Bertz CT molecular complexity index is 484. The molecule has 2 aromatic rings. The maximum atomic E-state index is 12.9. The van der Waals surface area contributed by atoms with E-state index in [0.717, 1.165) is 23.1 Å². The second-order valence-corrected chi connectivity index (χ2v) is 4.67. The molecule has 0 aliphatic heterocycles. The minimum absolute atomic E-state index is 0.216. The number of benzene rings is 1. The highest BCUT2D eigenvalue weighted by atomic mass is 32.2. The molecule has 0 atom stereocenters. The molecule has 1 N–H and O–H groups in total. The van der Waals surface area contributed by atoms with E-state index in [1.54, 1.807) is 24.0 Å². The monoisotopic (exact) mass is 251 g/mol. The van der Waals surface area contributed by atoms with E-state index >= 15 is 0 Å². The lowest BCUT2D eigenvalue weighted by molar-refractivity contribution is 0.628. The predicted molar refractivity (Wildman–Crippen MR) is 68.8 cm³/mol. The number of hydrogen-bond acceptors (Lipinski definition) is 3. The van der Waals surface area contributed by atoms with Gasteiger partial charge in [0.05, 0.1) is 0 Å². The molecule has 0 spiro atoms. The summed E-state index contributed by atoms with van der Waals surface area (Å²) in [7, 11) is 1.97. The first-order valence-electron chi connectivity index (χ1n) is 5.35. The van der Waals surface area contributed by atoms with Crippen LogP contribution in [0.3, 0.4) is 0 Å². The summed E-state index contributed by atoms with van der Waals surface area (Å²) < 4.78 is 14.9. The van der Waals surface area contributed by atoms with Gasteiger partial charge in [-0.1, -0.05) is 17.8 Å². The summed E-state index contributed by atoms with van der Waals surface area (Å²) in [4.78, 5) is 4.21. The molecular weight excluding hydrogens is 237 g/mol. The Hall–Kier alpha value is -1.49. The van der Waals surface area contributed by atoms with Gasteiger partial charge in [0, 0.05) is 37.4 Å². The fourth-order valence-corrected chi connectivity index (χ4v) is 2.21. The molecule has 0 amide bonds. The molecule has 90 valence electrons. The molecule has 1 aromatic heterocycles. The Labute approximate surface area is 104 Å². The molecule has 0 aliphatic rings. The first-order valence-corrected chi connectivity index (χ1v) is 6.34. The minimum atomic E-state index is -0.216. The highest BCUT2D eigenvalue weighted by molar-refractivity contribution is 7.99. The lowest BCUT2D eigenvalue weighted by Crippen LogP contribution is -2.04. The Kier molecular flexibility index (Phi) is 4.03. The van der Waals surface area contributed by atoms with Crippen molar-refractivity contribution in [1.82, 2.24) is 9.55 Å². The van der Waals surface area contributed by atoms with Crippen molar-refractivity contribution in [3.8, 4) is 0 Å². The van der Waals surface area contributed by atoms with E-state index < -0.39 is 0 Å². The molecule has 2 rings (SSSR count). The Morgan fingerprint density at radius 1 is 1.47 bits per heavy atom. The summed E-state index contributed by atoms with van der Waals surface area (Å²) in [6.07, 6.45) is 3.70. The zero-order valence-electron chi connectivity index (χ0n) is 9.56. The first-order chi connectivity index (χ1) is 8.25. The van der Waals surface area contributed by atoms with Crippen molar-refractivity contribution in [2.75, 3.05) is 17.6 Å². The van der Waals surface area contributed by atoms with Crippen molar-refractivity contribution in [3.05, 3.63) is 42.5 Å². The summed E-state index contributed by atoms with van der Waals surface area (Å²) in [5.74, 6) is 0.674. The molecule has 5 heteroatoms. The third kappa shape index (κ3) is 3.49. The van der Waals surface area contributed by atoms with Gasteiger partial charge in [-0.25, -0.2) is 9.37 Å².